The van der Waals surface area contributed by atoms with Crippen molar-refractivity contribution in [3.63, 3.8) is 0 Å². The minimum absolute atomic E-state index is 0.0991. The third-order valence-corrected chi connectivity index (χ3v) is 3.34. The second-order valence-electron chi connectivity index (χ2n) is 3.26. The Hall–Kier alpha value is -0.190. The molecule has 0 fully saturated rings. The van der Waals surface area contributed by atoms with Crippen LogP contribution >= 0.6 is 22.6 Å². The van der Waals surface area contributed by atoms with E-state index in [4.69, 9.17) is 0 Å². The van der Waals surface area contributed by atoms with Gasteiger partial charge >= 0.3 is 0 Å². The van der Waals surface area contributed by atoms with Crippen molar-refractivity contribution in [1.29, 1.82) is 0 Å². The lowest BCUT2D eigenvalue weighted by molar-refractivity contribution is -0.118. The highest BCUT2D eigenvalue weighted by Gasteiger charge is 2.12. The summed E-state index contributed by atoms with van der Waals surface area (Å²) in [6, 6.07) is 0. The maximum Gasteiger partial charge on any atom is 0.168 e. The molecule has 1 aliphatic carbocycles. The molecule has 1 aliphatic rings. The third kappa shape index (κ3) is 4.02. The van der Waals surface area contributed by atoms with Crippen LogP contribution in [0.4, 0.5) is 0 Å². The van der Waals surface area contributed by atoms with E-state index in [0.29, 0.717) is 12.8 Å². The van der Waals surface area contributed by atoms with Crippen molar-refractivity contribution in [2.45, 2.75) is 36.0 Å². The van der Waals surface area contributed by atoms with Gasteiger partial charge in [-0.25, -0.2) is 0 Å². The Bertz CT molecular complexity index is 233. The average molecular weight is 292 g/mol. The Kier molecular flexibility index (Phi) is 4.62. The first kappa shape index (κ1) is 10.9. The number of allylic oxidation sites excluding steroid dienone is 2. The Labute approximate surface area is 91.9 Å². The number of halogens is 1. The summed E-state index contributed by atoms with van der Waals surface area (Å²) in [5, 5.41) is 0. The Morgan fingerprint density at radius 2 is 2.08 bits per heavy atom. The zero-order valence-corrected chi connectivity index (χ0v) is 9.62. The Morgan fingerprint density at radius 1 is 1.31 bits per heavy atom. The van der Waals surface area contributed by atoms with Crippen LogP contribution in [0.15, 0.2) is 12.2 Å². The molecule has 1 unspecified atom stereocenters. The SMILES string of the molecule is O=C1CC=CC(=O)C(I)CCCC1. The number of carbonyl (C=O) groups excluding carboxylic acids is 2. The molecule has 0 aliphatic heterocycles. The Balaban J connectivity index is 2.57. The molecule has 13 heavy (non-hydrogen) atoms. The van der Waals surface area contributed by atoms with Crippen LogP contribution in [-0.4, -0.2) is 15.5 Å². The molecule has 0 saturated heterocycles. The minimum Gasteiger partial charge on any atom is -0.299 e. The number of carbonyl (C=O) groups is 2. The van der Waals surface area contributed by atoms with Crippen LogP contribution in [-0.2, 0) is 9.59 Å². The normalized spacial score (nSPS) is 26.1. The van der Waals surface area contributed by atoms with Gasteiger partial charge in [0.2, 0.25) is 0 Å². The lowest BCUT2D eigenvalue weighted by Gasteiger charge is -2.07. The zero-order chi connectivity index (χ0) is 9.68. The molecule has 2 nitrogen and oxygen atoms in total. The van der Waals surface area contributed by atoms with Crippen LogP contribution in [0.2, 0.25) is 0 Å². The molecule has 0 N–H and O–H groups in total. The first-order valence-corrected chi connectivity index (χ1v) is 5.81. The molecular formula is C10H13IO2. The van der Waals surface area contributed by atoms with Gasteiger partial charge in [0.25, 0.3) is 0 Å². The molecule has 0 bridgehead atoms. The van der Waals surface area contributed by atoms with Gasteiger partial charge in [0.1, 0.15) is 5.78 Å². The summed E-state index contributed by atoms with van der Waals surface area (Å²) in [5.74, 6) is 0.395. The predicted molar refractivity (Wildman–Crippen MR) is 60.0 cm³/mol. The molecule has 3 heteroatoms. The number of rotatable bonds is 0. The number of hydrogen-bond acceptors (Lipinski definition) is 2. The lowest BCUT2D eigenvalue weighted by atomic mass is 10.0. The van der Waals surface area contributed by atoms with Gasteiger partial charge in [0, 0.05) is 12.8 Å². The van der Waals surface area contributed by atoms with Gasteiger partial charge in [0.05, 0.1) is 3.92 Å². The molecule has 1 rings (SSSR count). The average Bonchev–Trinajstić information content (AvgIpc) is 2.11. The summed E-state index contributed by atoms with van der Waals surface area (Å²) in [5.41, 5.74) is 0. The topological polar surface area (TPSA) is 34.1 Å². The van der Waals surface area contributed by atoms with Gasteiger partial charge in [0.15, 0.2) is 5.78 Å². The first-order chi connectivity index (χ1) is 6.20. The summed E-state index contributed by atoms with van der Waals surface area (Å²) >= 11 is 2.17. The fourth-order valence-electron chi connectivity index (χ4n) is 1.30. The van der Waals surface area contributed by atoms with Crippen LogP contribution in [0.5, 0.6) is 0 Å². The number of Topliss-reactive ketones (excluding diaryl/α,β-unsaturated/α-hetero) is 1. The van der Waals surface area contributed by atoms with Crippen LogP contribution < -0.4 is 0 Å². The largest absolute Gasteiger partial charge is 0.299 e. The number of hydrogen-bond donors (Lipinski definition) is 0. The summed E-state index contributed by atoms with van der Waals surface area (Å²) < 4.78 is 0.0991. The van der Waals surface area contributed by atoms with E-state index in [2.05, 4.69) is 22.6 Å². The summed E-state index contributed by atoms with van der Waals surface area (Å²) in [7, 11) is 0. The first-order valence-electron chi connectivity index (χ1n) is 4.56. The van der Waals surface area contributed by atoms with Crippen molar-refractivity contribution in [2.75, 3.05) is 0 Å². The molecule has 0 aromatic rings. The molecule has 72 valence electrons. The van der Waals surface area contributed by atoms with Gasteiger partial charge in [-0.05, 0) is 18.9 Å². The highest BCUT2D eigenvalue weighted by Crippen LogP contribution is 2.15. The van der Waals surface area contributed by atoms with Crippen molar-refractivity contribution in [2.24, 2.45) is 0 Å². The molecule has 1 atom stereocenters. The number of ketones is 2. The minimum atomic E-state index is 0.0991. The van der Waals surface area contributed by atoms with Crippen LogP contribution in [0.3, 0.4) is 0 Å². The molecule has 0 aromatic heterocycles. The molecule has 0 radical (unpaired) electrons. The molecule has 0 aromatic carbocycles. The van der Waals surface area contributed by atoms with E-state index in [1.807, 2.05) is 0 Å². The van der Waals surface area contributed by atoms with E-state index >= 15 is 0 Å². The summed E-state index contributed by atoms with van der Waals surface area (Å²) in [6.45, 7) is 0. The lowest BCUT2D eigenvalue weighted by Crippen LogP contribution is -2.12. The van der Waals surface area contributed by atoms with E-state index in [9.17, 15) is 9.59 Å². The highest BCUT2D eigenvalue weighted by atomic mass is 127. The van der Waals surface area contributed by atoms with Gasteiger partial charge in [-0.15, -0.1) is 0 Å². The summed E-state index contributed by atoms with van der Waals surface area (Å²) in [6.07, 6.45) is 7.16. The standard InChI is InChI=1S/C10H13IO2/c11-9-6-2-1-4-8(12)5-3-7-10(9)13/h3,7,9H,1-2,4-6H2. The zero-order valence-electron chi connectivity index (χ0n) is 7.46. The molecular weight excluding hydrogens is 279 g/mol. The van der Waals surface area contributed by atoms with E-state index in [1.165, 1.54) is 0 Å². The fraction of sp³-hybridized carbons (Fsp3) is 0.600. The van der Waals surface area contributed by atoms with Crippen molar-refractivity contribution >= 4 is 34.2 Å². The maximum atomic E-state index is 11.3. The Morgan fingerprint density at radius 3 is 2.85 bits per heavy atom. The van der Waals surface area contributed by atoms with Crippen molar-refractivity contribution in [3.8, 4) is 0 Å². The van der Waals surface area contributed by atoms with E-state index < -0.39 is 0 Å². The monoisotopic (exact) mass is 292 g/mol. The second-order valence-corrected chi connectivity index (χ2v) is 4.76. The van der Waals surface area contributed by atoms with Gasteiger partial charge in [-0.3, -0.25) is 9.59 Å². The third-order valence-electron chi connectivity index (χ3n) is 2.10. The van der Waals surface area contributed by atoms with Gasteiger partial charge in [-0.1, -0.05) is 35.1 Å². The second kappa shape index (κ2) is 5.52. The van der Waals surface area contributed by atoms with E-state index in [-0.39, 0.29) is 15.5 Å². The van der Waals surface area contributed by atoms with Crippen LogP contribution in [0.25, 0.3) is 0 Å². The van der Waals surface area contributed by atoms with E-state index in [1.54, 1.807) is 12.2 Å². The quantitative estimate of drug-likeness (QED) is 0.507. The highest BCUT2D eigenvalue weighted by molar-refractivity contribution is 14.1. The van der Waals surface area contributed by atoms with Gasteiger partial charge in [-0.2, -0.15) is 0 Å². The molecule has 0 spiro atoms. The summed E-state index contributed by atoms with van der Waals surface area (Å²) in [4.78, 5) is 22.5. The van der Waals surface area contributed by atoms with Crippen molar-refractivity contribution in [1.82, 2.24) is 0 Å². The molecule has 0 heterocycles. The maximum absolute atomic E-state index is 11.3. The molecule has 0 amide bonds. The smallest absolute Gasteiger partial charge is 0.168 e. The van der Waals surface area contributed by atoms with Crippen molar-refractivity contribution in [3.05, 3.63) is 12.2 Å². The fourth-order valence-corrected chi connectivity index (χ4v) is 1.95. The predicted octanol–water partition coefficient (Wildman–Crippen LogP) is 2.45. The number of alkyl halides is 1. The van der Waals surface area contributed by atoms with Crippen molar-refractivity contribution < 1.29 is 9.59 Å². The van der Waals surface area contributed by atoms with Gasteiger partial charge < -0.3 is 0 Å². The van der Waals surface area contributed by atoms with Crippen LogP contribution in [0, 0.1) is 0 Å². The van der Waals surface area contributed by atoms with E-state index in [0.717, 1.165) is 19.3 Å². The van der Waals surface area contributed by atoms with Crippen LogP contribution in [0.1, 0.15) is 32.1 Å². The molecule has 0 saturated carbocycles.